The van der Waals surface area contributed by atoms with Crippen molar-refractivity contribution in [1.82, 2.24) is 5.16 Å². The maximum Gasteiger partial charge on any atom is 0.170 e. The van der Waals surface area contributed by atoms with Gasteiger partial charge in [0.05, 0.1) is 0 Å². The normalized spacial score (nSPS) is 11.2. The van der Waals surface area contributed by atoms with Gasteiger partial charge >= 0.3 is 0 Å². The summed E-state index contributed by atoms with van der Waals surface area (Å²) in [6, 6.07) is 8.56. The van der Waals surface area contributed by atoms with Gasteiger partial charge < -0.3 is 10.3 Å². The van der Waals surface area contributed by atoms with Crippen LogP contribution in [0.1, 0.15) is 36.3 Å². The van der Waals surface area contributed by atoms with Crippen LogP contribution in [0.3, 0.4) is 0 Å². The monoisotopic (exact) mass is 258 g/mol. The molecule has 2 aromatic rings. The average molecular weight is 258 g/mol. The molecule has 1 heterocycles. The molecule has 0 saturated carbocycles. The lowest BCUT2D eigenvalue weighted by Crippen LogP contribution is -2.01. The van der Waals surface area contributed by atoms with Crippen molar-refractivity contribution in [2.24, 2.45) is 5.92 Å². The summed E-state index contributed by atoms with van der Waals surface area (Å²) in [5.41, 5.74) is 9.58. The van der Waals surface area contributed by atoms with Crippen LogP contribution in [0.2, 0.25) is 0 Å². The molecular formula is C16H22N2O. The van der Waals surface area contributed by atoms with Crippen LogP contribution >= 0.6 is 0 Å². The molecular weight excluding hydrogens is 236 g/mol. The summed E-state index contributed by atoms with van der Waals surface area (Å²) in [4.78, 5) is 0. The molecule has 2 N–H and O–H groups in total. The van der Waals surface area contributed by atoms with Crippen molar-refractivity contribution in [3.8, 4) is 0 Å². The van der Waals surface area contributed by atoms with Crippen LogP contribution in [-0.4, -0.2) is 5.16 Å². The molecule has 19 heavy (non-hydrogen) atoms. The van der Waals surface area contributed by atoms with Crippen LogP contribution in [-0.2, 0) is 19.3 Å². The topological polar surface area (TPSA) is 52.0 Å². The van der Waals surface area contributed by atoms with Crippen molar-refractivity contribution < 1.29 is 4.52 Å². The molecule has 0 aliphatic rings. The van der Waals surface area contributed by atoms with Gasteiger partial charge in [0.25, 0.3) is 0 Å². The Hall–Kier alpha value is -1.77. The second-order valence-corrected chi connectivity index (χ2v) is 5.56. The van der Waals surface area contributed by atoms with Crippen molar-refractivity contribution in [2.45, 2.75) is 40.0 Å². The van der Waals surface area contributed by atoms with Crippen molar-refractivity contribution in [1.29, 1.82) is 0 Å². The molecule has 2 rings (SSSR count). The third kappa shape index (κ3) is 3.60. The first-order valence-electron chi connectivity index (χ1n) is 6.84. The van der Waals surface area contributed by atoms with Gasteiger partial charge in [-0.25, -0.2) is 0 Å². The van der Waals surface area contributed by atoms with E-state index < -0.39 is 0 Å². The van der Waals surface area contributed by atoms with Gasteiger partial charge in [0, 0.05) is 12.0 Å². The van der Waals surface area contributed by atoms with Gasteiger partial charge in [0.1, 0.15) is 5.76 Å². The number of hydrogen-bond donors (Lipinski definition) is 1. The Morgan fingerprint density at radius 3 is 2.74 bits per heavy atom. The molecule has 0 saturated heterocycles. The zero-order valence-electron chi connectivity index (χ0n) is 11.9. The number of nitrogens with zero attached hydrogens (tertiary/aromatic N) is 1. The third-order valence-corrected chi connectivity index (χ3v) is 3.24. The number of benzene rings is 1. The number of hydrogen-bond acceptors (Lipinski definition) is 3. The Morgan fingerprint density at radius 1 is 1.26 bits per heavy atom. The van der Waals surface area contributed by atoms with Crippen molar-refractivity contribution >= 4 is 5.82 Å². The van der Waals surface area contributed by atoms with Crippen LogP contribution in [0.25, 0.3) is 0 Å². The standard InChI is InChI=1S/C16H22N2O/c1-11(2)9-14-15(19-18-16(14)17)8-7-13-6-4-5-12(3)10-13/h4-6,10-11H,7-9H2,1-3H3,(H2,17,18). The SMILES string of the molecule is Cc1cccc(CCc2onc(N)c2CC(C)C)c1. The van der Waals surface area contributed by atoms with E-state index in [1.54, 1.807) is 0 Å². The summed E-state index contributed by atoms with van der Waals surface area (Å²) < 4.78 is 5.37. The highest BCUT2D eigenvalue weighted by molar-refractivity contribution is 5.41. The number of nitrogens with two attached hydrogens (primary N) is 1. The lowest BCUT2D eigenvalue weighted by Gasteiger charge is -2.05. The molecule has 0 amide bonds. The molecule has 1 aromatic carbocycles. The highest BCUT2D eigenvalue weighted by Crippen LogP contribution is 2.22. The molecule has 0 aliphatic heterocycles. The Morgan fingerprint density at radius 2 is 2.05 bits per heavy atom. The first-order chi connectivity index (χ1) is 9.06. The van der Waals surface area contributed by atoms with Crippen LogP contribution in [0.5, 0.6) is 0 Å². The second kappa shape index (κ2) is 5.91. The average Bonchev–Trinajstić information content (AvgIpc) is 2.68. The van der Waals surface area contributed by atoms with Crippen LogP contribution < -0.4 is 5.73 Å². The predicted octanol–water partition coefficient (Wildman–Crippen LogP) is 3.55. The van der Waals surface area contributed by atoms with E-state index in [1.807, 2.05) is 0 Å². The summed E-state index contributed by atoms with van der Waals surface area (Å²) in [5.74, 6) is 2.04. The highest BCUT2D eigenvalue weighted by Gasteiger charge is 2.14. The molecule has 0 radical (unpaired) electrons. The molecule has 0 atom stereocenters. The molecule has 0 spiro atoms. The van der Waals surface area contributed by atoms with E-state index in [2.05, 4.69) is 50.2 Å². The molecule has 0 fully saturated rings. The number of anilines is 1. The van der Waals surface area contributed by atoms with E-state index in [0.717, 1.165) is 30.6 Å². The highest BCUT2D eigenvalue weighted by atomic mass is 16.5. The third-order valence-electron chi connectivity index (χ3n) is 3.24. The Labute approximate surface area is 114 Å². The van der Waals surface area contributed by atoms with Gasteiger partial charge in [-0.15, -0.1) is 0 Å². The number of rotatable bonds is 5. The van der Waals surface area contributed by atoms with Crippen molar-refractivity contribution in [3.05, 3.63) is 46.7 Å². The fourth-order valence-electron chi connectivity index (χ4n) is 2.31. The summed E-state index contributed by atoms with van der Waals surface area (Å²) in [6.45, 7) is 6.47. The summed E-state index contributed by atoms with van der Waals surface area (Å²) in [6.07, 6.45) is 2.75. The minimum Gasteiger partial charge on any atom is -0.381 e. The first-order valence-corrected chi connectivity index (χ1v) is 6.84. The van der Waals surface area contributed by atoms with Gasteiger partial charge in [0.15, 0.2) is 5.82 Å². The fourth-order valence-corrected chi connectivity index (χ4v) is 2.31. The molecule has 0 bridgehead atoms. The predicted molar refractivity (Wildman–Crippen MR) is 78.0 cm³/mol. The molecule has 0 aliphatic carbocycles. The minimum atomic E-state index is 0.549. The van der Waals surface area contributed by atoms with Crippen molar-refractivity contribution in [2.75, 3.05) is 5.73 Å². The van der Waals surface area contributed by atoms with Gasteiger partial charge in [-0.3, -0.25) is 0 Å². The number of nitrogen functional groups attached to an aromatic ring is 1. The Balaban J connectivity index is 2.07. The molecule has 0 unspecified atom stereocenters. The maximum atomic E-state index is 5.88. The summed E-state index contributed by atoms with van der Waals surface area (Å²) in [5, 5.41) is 3.90. The van der Waals surface area contributed by atoms with E-state index in [0.29, 0.717) is 11.7 Å². The largest absolute Gasteiger partial charge is 0.381 e. The van der Waals surface area contributed by atoms with Gasteiger partial charge in [-0.2, -0.15) is 0 Å². The lowest BCUT2D eigenvalue weighted by molar-refractivity contribution is 0.383. The maximum absolute atomic E-state index is 5.88. The van der Waals surface area contributed by atoms with Crippen LogP contribution in [0.15, 0.2) is 28.8 Å². The van der Waals surface area contributed by atoms with E-state index in [-0.39, 0.29) is 0 Å². The number of aromatic nitrogens is 1. The van der Waals surface area contributed by atoms with E-state index in [4.69, 9.17) is 10.3 Å². The molecule has 102 valence electrons. The fraction of sp³-hybridized carbons (Fsp3) is 0.438. The second-order valence-electron chi connectivity index (χ2n) is 5.56. The minimum absolute atomic E-state index is 0.549. The van der Waals surface area contributed by atoms with E-state index in [9.17, 15) is 0 Å². The van der Waals surface area contributed by atoms with Gasteiger partial charge in [0.2, 0.25) is 0 Å². The Kier molecular flexibility index (Phi) is 4.25. The number of aryl methyl sites for hydroxylation is 3. The van der Waals surface area contributed by atoms with Crippen molar-refractivity contribution in [3.63, 3.8) is 0 Å². The lowest BCUT2D eigenvalue weighted by atomic mass is 9.99. The zero-order chi connectivity index (χ0) is 13.8. The van der Waals surface area contributed by atoms with E-state index in [1.165, 1.54) is 11.1 Å². The molecule has 3 nitrogen and oxygen atoms in total. The quantitative estimate of drug-likeness (QED) is 0.892. The zero-order valence-corrected chi connectivity index (χ0v) is 11.9. The first kappa shape index (κ1) is 13.7. The van der Waals surface area contributed by atoms with E-state index >= 15 is 0 Å². The summed E-state index contributed by atoms with van der Waals surface area (Å²) in [7, 11) is 0. The van der Waals surface area contributed by atoms with Gasteiger partial charge in [-0.1, -0.05) is 48.8 Å². The smallest absolute Gasteiger partial charge is 0.170 e. The molecule has 3 heteroatoms. The Bertz CT molecular complexity index is 543. The van der Waals surface area contributed by atoms with Crippen LogP contribution in [0, 0.1) is 12.8 Å². The van der Waals surface area contributed by atoms with Crippen LogP contribution in [0.4, 0.5) is 5.82 Å². The summed E-state index contributed by atoms with van der Waals surface area (Å²) >= 11 is 0. The van der Waals surface area contributed by atoms with Gasteiger partial charge in [-0.05, 0) is 31.2 Å². The molecule has 1 aromatic heterocycles.